The number of hydrogen-bond acceptors (Lipinski definition) is 3. The number of carbonyl (C=O) groups excluding carboxylic acids is 1. The first-order valence-corrected chi connectivity index (χ1v) is 8.24. The summed E-state index contributed by atoms with van der Waals surface area (Å²) in [6.45, 7) is 0. The number of hydrogen-bond donors (Lipinski definition) is 2. The van der Waals surface area contributed by atoms with Crippen LogP contribution >= 0.6 is 15.9 Å². The number of rotatable bonds is 3. The summed E-state index contributed by atoms with van der Waals surface area (Å²) in [5, 5.41) is 8.57. The van der Waals surface area contributed by atoms with E-state index < -0.39 is 16.7 Å². The van der Waals surface area contributed by atoms with Gasteiger partial charge in [0.05, 0.1) is 22.0 Å². The largest absolute Gasteiger partial charge is 0.289 e. The summed E-state index contributed by atoms with van der Waals surface area (Å²) in [4.78, 5) is 12.4. The average molecular weight is 346 g/mol. The van der Waals surface area contributed by atoms with Crippen molar-refractivity contribution in [1.82, 2.24) is 5.48 Å². The second-order valence-electron chi connectivity index (χ2n) is 4.66. The van der Waals surface area contributed by atoms with Gasteiger partial charge in [0.2, 0.25) is 5.91 Å². The zero-order valence-corrected chi connectivity index (χ0v) is 12.7. The summed E-state index contributed by atoms with van der Waals surface area (Å²) in [6.07, 6.45) is 3.34. The van der Waals surface area contributed by atoms with Crippen molar-refractivity contribution in [2.75, 3.05) is 0 Å². The van der Waals surface area contributed by atoms with Gasteiger partial charge in [-0.05, 0) is 37.1 Å². The Morgan fingerprint density at radius 2 is 1.89 bits per heavy atom. The minimum Gasteiger partial charge on any atom is -0.289 e. The van der Waals surface area contributed by atoms with Crippen LogP contribution in [0.15, 0.2) is 33.6 Å². The van der Waals surface area contributed by atoms with E-state index in [1.807, 2.05) is 24.3 Å². The summed E-state index contributed by atoms with van der Waals surface area (Å²) in [5.74, 6) is -0.793. The van der Waals surface area contributed by atoms with Gasteiger partial charge < -0.3 is 0 Å². The summed E-state index contributed by atoms with van der Waals surface area (Å²) in [7, 11) is -1.22. The lowest BCUT2D eigenvalue weighted by atomic mass is 9.88. The van der Waals surface area contributed by atoms with Crippen LogP contribution in [0, 0.1) is 5.92 Å². The second-order valence-corrected chi connectivity index (χ2v) is 7.24. The van der Waals surface area contributed by atoms with Gasteiger partial charge >= 0.3 is 0 Å². The van der Waals surface area contributed by atoms with E-state index in [-0.39, 0.29) is 11.2 Å². The summed E-state index contributed by atoms with van der Waals surface area (Å²) in [6, 6.07) is 7.31. The van der Waals surface area contributed by atoms with Gasteiger partial charge in [0, 0.05) is 9.37 Å². The molecule has 2 rings (SSSR count). The third kappa shape index (κ3) is 3.43. The molecule has 1 aromatic rings. The van der Waals surface area contributed by atoms with E-state index in [1.54, 1.807) is 5.48 Å². The van der Waals surface area contributed by atoms with Crippen LogP contribution in [-0.2, 0) is 15.6 Å². The minimum absolute atomic E-state index is 0.220. The van der Waals surface area contributed by atoms with Crippen LogP contribution in [-0.4, -0.2) is 20.6 Å². The molecule has 0 aromatic heterocycles. The van der Waals surface area contributed by atoms with Crippen molar-refractivity contribution in [1.29, 1.82) is 0 Å². The fraction of sp³-hybridized carbons (Fsp3) is 0.462. The molecule has 1 aliphatic rings. The first-order chi connectivity index (χ1) is 9.13. The van der Waals surface area contributed by atoms with Crippen molar-refractivity contribution in [3.05, 3.63) is 28.7 Å². The third-order valence-corrected chi connectivity index (χ3v) is 5.85. The molecule has 104 valence electrons. The highest BCUT2D eigenvalue weighted by atomic mass is 79.9. The van der Waals surface area contributed by atoms with Gasteiger partial charge in [-0.25, -0.2) is 5.48 Å². The number of halogens is 1. The highest BCUT2D eigenvalue weighted by Crippen LogP contribution is 2.31. The van der Waals surface area contributed by atoms with E-state index in [2.05, 4.69) is 15.9 Å². The molecule has 1 aromatic carbocycles. The molecule has 1 fully saturated rings. The molecular weight excluding hydrogens is 330 g/mol. The van der Waals surface area contributed by atoms with E-state index in [0.29, 0.717) is 6.42 Å². The van der Waals surface area contributed by atoms with Gasteiger partial charge in [-0.3, -0.25) is 14.2 Å². The molecule has 1 aliphatic carbocycles. The Morgan fingerprint density at radius 1 is 1.26 bits per heavy atom. The Labute approximate surface area is 123 Å². The molecule has 0 radical (unpaired) electrons. The van der Waals surface area contributed by atoms with Crippen LogP contribution in [0.4, 0.5) is 0 Å². The zero-order valence-electron chi connectivity index (χ0n) is 10.3. The van der Waals surface area contributed by atoms with Crippen molar-refractivity contribution in [3.63, 3.8) is 0 Å². The first-order valence-electron chi connectivity index (χ1n) is 6.23. The van der Waals surface area contributed by atoms with E-state index >= 15 is 0 Å². The van der Waals surface area contributed by atoms with E-state index in [9.17, 15) is 9.00 Å². The second kappa shape index (κ2) is 6.63. The van der Waals surface area contributed by atoms with E-state index in [0.717, 1.165) is 28.6 Å². The summed E-state index contributed by atoms with van der Waals surface area (Å²) >= 11 is 3.34. The topological polar surface area (TPSA) is 66.4 Å². The van der Waals surface area contributed by atoms with E-state index in [1.165, 1.54) is 0 Å². The van der Waals surface area contributed by atoms with Crippen molar-refractivity contribution < 1.29 is 14.2 Å². The Balaban J connectivity index is 2.20. The summed E-state index contributed by atoms with van der Waals surface area (Å²) < 4.78 is 13.5. The fourth-order valence-electron chi connectivity index (χ4n) is 2.48. The molecule has 3 unspecified atom stereocenters. The van der Waals surface area contributed by atoms with Crippen LogP contribution in [0.5, 0.6) is 0 Å². The normalized spacial score (nSPS) is 24.7. The highest BCUT2D eigenvalue weighted by molar-refractivity contribution is 9.10. The van der Waals surface area contributed by atoms with Crippen LogP contribution in [0.2, 0.25) is 0 Å². The van der Waals surface area contributed by atoms with Crippen LogP contribution in [0.25, 0.3) is 0 Å². The highest BCUT2D eigenvalue weighted by Gasteiger charge is 2.35. The molecule has 3 atom stereocenters. The fourth-order valence-corrected chi connectivity index (χ4v) is 4.44. The predicted molar refractivity (Wildman–Crippen MR) is 76.2 cm³/mol. The van der Waals surface area contributed by atoms with Crippen molar-refractivity contribution in [2.45, 2.75) is 35.8 Å². The lowest BCUT2D eigenvalue weighted by Crippen LogP contribution is -2.40. The van der Waals surface area contributed by atoms with Gasteiger partial charge in [-0.1, -0.05) is 28.8 Å². The van der Waals surface area contributed by atoms with Gasteiger partial charge in [0.15, 0.2) is 0 Å². The molecule has 4 nitrogen and oxygen atoms in total. The minimum atomic E-state index is -1.22. The maximum absolute atomic E-state index is 12.6. The van der Waals surface area contributed by atoms with Crippen molar-refractivity contribution >= 4 is 32.6 Å². The van der Waals surface area contributed by atoms with Gasteiger partial charge in [-0.2, -0.15) is 0 Å². The van der Waals surface area contributed by atoms with Crippen LogP contribution < -0.4 is 5.48 Å². The molecule has 0 bridgehead atoms. The predicted octanol–water partition coefficient (Wildman–Crippen LogP) is 2.62. The molecule has 0 spiro atoms. The van der Waals surface area contributed by atoms with Gasteiger partial charge in [0.25, 0.3) is 0 Å². The third-order valence-electron chi connectivity index (χ3n) is 3.47. The summed E-state index contributed by atoms with van der Waals surface area (Å²) in [5.41, 5.74) is 1.70. The number of amides is 1. The van der Waals surface area contributed by atoms with Crippen molar-refractivity contribution in [3.8, 4) is 0 Å². The molecule has 2 N–H and O–H groups in total. The van der Waals surface area contributed by atoms with Gasteiger partial charge in [-0.15, -0.1) is 0 Å². The van der Waals surface area contributed by atoms with Crippen LogP contribution in [0.1, 0.15) is 25.7 Å². The lowest BCUT2D eigenvalue weighted by Gasteiger charge is -2.29. The van der Waals surface area contributed by atoms with Gasteiger partial charge in [0.1, 0.15) is 0 Å². The Bertz CT molecular complexity index is 477. The Kier molecular flexibility index (Phi) is 5.13. The Hall–Kier alpha value is -0.720. The standard InChI is InChI=1S/C13H16BrNO3S/c14-9-5-7-10(8-6-9)19(18)12-4-2-1-3-11(12)13(16)15-17/h5-8,11-12,17H,1-4H2,(H,15,16). The average Bonchev–Trinajstić information content (AvgIpc) is 2.46. The zero-order chi connectivity index (χ0) is 13.8. The van der Waals surface area contributed by atoms with Crippen molar-refractivity contribution in [2.24, 2.45) is 5.92 Å². The first kappa shape index (κ1) is 14.7. The number of benzene rings is 1. The smallest absolute Gasteiger partial charge is 0.247 e. The molecule has 1 saturated carbocycles. The molecule has 0 heterocycles. The van der Waals surface area contributed by atoms with E-state index in [4.69, 9.17) is 5.21 Å². The molecule has 6 heteroatoms. The van der Waals surface area contributed by atoms with Crippen LogP contribution in [0.3, 0.4) is 0 Å². The maximum atomic E-state index is 12.6. The quantitative estimate of drug-likeness (QED) is 0.653. The molecular formula is C13H16BrNO3S. The molecule has 19 heavy (non-hydrogen) atoms. The number of carbonyl (C=O) groups is 1. The maximum Gasteiger partial charge on any atom is 0.247 e. The molecule has 1 amide bonds. The number of hydroxylamine groups is 1. The number of nitrogens with one attached hydrogen (secondary N) is 1. The molecule has 0 aliphatic heterocycles. The lowest BCUT2D eigenvalue weighted by molar-refractivity contribution is -0.134. The monoisotopic (exact) mass is 345 g/mol. The SMILES string of the molecule is O=C(NO)C1CCCCC1S(=O)c1ccc(Br)cc1. The molecule has 0 saturated heterocycles. The Morgan fingerprint density at radius 3 is 2.53 bits per heavy atom.